The number of halogens is 1. The fraction of sp³-hybridized carbons (Fsp3) is 0.444. The van der Waals surface area contributed by atoms with Crippen molar-refractivity contribution in [3.05, 3.63) is 33.2 Å². The summed E-state index contributed by atoms with van der Waals surface area (Å²) in [5, 5.41) is 0. The zero-order valence-corrected chi connectivity index (χ0v) is 8.66. The van der Waals surface area contributed by atoms with Crippen molar-refractivity contribution in [2.45, 2.75) is 12.5 Å². The molecule has 1 saturated heterocycles. The summed E-state index contributed by atoms with van der Waals surface area (Å²) in [6.45, 7) is 1.41. The third-order valence-corrected chi connectivity index (χ3v) is 2.70. The highest BCUT2D eigenvalue weighted by Gasteiger charge is 2.17. The maximum absolute atomic E-state index is 11.5. The van der Waals surface area contributed by atoms with Gasteiger partial charge in [-0.05, 0) is 12.5 Å². The molecule has 4 heteroatoms. The lowest BCUT2D eigenvalue weighted by Gasteiger charge is -2.10. The Bertz CT molecular complexity index is 355. The van der Waals surface area contributed by atoms with E-state index in [4.69, 9.17) is 4.74 Å². The van der Waals surface area contributed by atoms with Gasteiger partial charge in [-0.2, -0.15) is 0 Å². The number of ether oxygens (including phenoxy) is 1. The number of hydrogen-bond donors (Lipinski definition) is 0. The van der Waals surface area contributed by atoms with Gasteiger partial charge in [0.15, 0.2) is 0 Å². The molecule has 0 unspecified atom stereocenters. The first-order chi connectivity index (χ1) is 6.27. The Morgan fingerprint density at radius 1 is 1.62 bits per heavy atom. The number of aromatic nitrogens is 1. The minimum Gasteiger partial charge on any atom is -0.379 e. The van der Waals surface area contributed by atoms with Gasteiger partial charge >= 0.3 is 0 Å². The fourth-order valence-corrected chi connectivity index (χ4v) is 1.82. The summed E-state index contributed by atoms with van der Waals surface area (Å²) in [6.07, 6.45) is 2.74. The van der Waals surface area contributed by atoms with Gasteiger partial charge in [0, 0.05) is 23.3 Å². The Hall–Kier alpha value is -0.610. The Balaban J connectivity index is 2.34. The van der Waals surface area contributed by atoms with Crippen LogP contribution in [0.5, 0.6) is 0 Å². The molecule has 3 nitrogen and oxygen atoms in total. The van der Waals surface area contributed by atoms with Crippen molar-refractivity contribution in [2.24, 2.45) is 0 Å². The van der Waals surface area contributed by atoms with Crippen LogP contribution in [0.25, 0.3) is 0 Å². The van der Waals surface area contributed by atoms with Gasteiger partial charge in [0.1, 0.15) is 0 Å². The van der Waals surface area contributed by atoms with Crippen LogP contribution in [0.15, 0.2) is 27.6 Å². The van der Waals surface area contributed by atoms with Crippen LogP contribution in [0.2, 0.25) is 0 Å². The maximum Gasteiger partial charge on any atom is 0.251 e. The summed E-state index contributed by atoms with van der Waals surface area (Å²) in [4.78, 5) is 11.5. The van der Waals surface area contributed by atoms with Crippen molar-refractivity contribution in [1.29, 1.82) is 0 Å². The zero-order valence-electron chi connectivity index (χ0n) is 7.07. The third kappa shape index (κ3) is 1.84. The van der Waals surface area contributed by atoms with Gasteiger partial charge < -0.3 is 9.30 Å². The van der Waals surface area contributed by atoms with Gasteiger partial charge in [-0.3, -0.25) is 4.79 Å². The molecule has 1 fully saturated rings. The smallest absolute Gasteiger partial charge is 0.251 e. The van der Waals surface area contributed by atoms with E-state index in [2.05, 4.69) is 15.9 Å². The van der Waals surface area contributed by atoms with E-state index in [1.807, 2.05) is 12.3 Å². The van der Waals surface area contributed by atoms with Crippen LogP contribution in [0, 0.1) is 0 Å². The molecule has 13 heavy (non-hydrogen) atoms. The molecule has 70 valence electrons. The lowest BCUT2D eigenvalue weighted by molar-refractivity contribution is 0.186. The van der Waals surface area contributed by atoms with Crippen LogP contribution in [-0.2, 0) is 4.74 Å². The molecular formula is C9H10BrNO2. The number of hydrogen-bond acceptors (Lipinski definition) is 2. The molecule has 1 aliphatic rings. The average Bonchev–Trinajstić information content (AvgIpc) is 2.56. The largest absolute Gasteiger partial charge is 0.379 e. The van der Waals surface area contributed by atoms with E-state index in [1.54, 1.807) is 10.6 Å². The van der Waals surface area contributed by atoms with Gasteiger partial charge in [-0.25, -0.2) is 0 Å². The van der Waals surface area contributed by atoms with Gasteiger partial charge in [-0.15, -0.1) is 0 Å². The second-order valence-corrected chi connectivity index (χ2v) is 4.02. The highest BCUT2D eigenvalue weighted by atomic mass is 79.9. The summed E-state index contributed by atoms with van der Waals surface area (Å²) >= 11 is 3.26. The molecular weight excluding hydrogens is 234 g/mol. The summed E-state index contributed by atoms with van der Waals surface area (Å²) in [5.41, 5.74) is 0.0323. The first-order valence-electron chi connectivity index (χ1n) is 4.23. The van der Waals surface area contributed by atoms with E-state index < -0.39 is 0 Å². The summed E-state index contributed by atoms with van der Waals surface area (Å²) in [5.74, 6) is 0. The highest BCUT2D eigenvalue weighted by Crippen LogP contribution is 2.17. The van der Waals surface area contributed by atoms with Crippen LogP contribution in [-0.4, -0.2) is 17.8 Å². The first kappa shape index (κ1) is 8.97. The summed E-state index contributed by atoms with van der Waals surface area (Å²) in [6, 6.07) is 3.68. The van der Waals surface area contributed by atoms with Crippen molar-refractivity contribution in [3.8, 4) is 0 Å². The standard InChI is InChI=1S/C9H10BrNO2/c10-7-1-3-11(9(12)5-7)8-2-4-13-6-8/h1,3,5,8H,2,4,6H2/t8-/m1/s1. The molecule has 0 N–H and O–H groups in total. The van der Waals surface area contributed by atoms with Gasteiger partial charge in [0.25, 0.3) is 5.56 Å². The van der Waals surface area contributed by atoms with Crippen molar-refractivity contribution in [1.82, 2.24) is 4.57 Å². The van der Waals surface area contributed by atoms with Gasteiger partial charge in [-0.1, -0.05) is 15.9 Å². The number of nitrogens with zero attached hydrogens (tertiary/aromatic N) is 1. The van der Waals surface area contributed by atoms with Crippen molar-refractivity contribution >= 4 is 15.9 Å². The quantitative estimate of drug-likeness (QED) is 0.750. The average molecular weight is 244 g/mol. The lowest BCUT2D eigenvalue weighted by Crippen LogP contribution is -2.23. The molecule has 2 heterocycles. The molecule has 1 aromatic heterocycles. The Labute approximate surface area is 84.5 Å². The molecule has 0 saturated carbocycles. The monoisotopic (exact) mass is 243 g/mol. The van der Waals surface area contributed by atoms with E-state index >= 15 is 0 Å². The van der Waals surface area contributed by atoms with Crippen molar-refractivity contribution < 1.29 is 4.74 Å². The topological polar surface area (TPSA) is 31.2 Å². The van der Waals surface area contributed by atoms with Crippen LogP contribution < -0.4 is 5.56 Å². The van der Waals surface area contributed by atoms with E-state index in [9.17, 15) is 4.79 Å². The first-order valence-corrected chi connectivity index (χ1v) is 5.02. The minimum absolute atomic E-state index is 0.0323. The summed E-state index contributed by atoms with van der Waals surface area (Å²) < 4.78 is 7.79. The van der Waals surface area contributed by atoms with Gasteiger partial charge in [0.05, 0.1) is 12.6 Å². The minimum atomic E-state index is 0.0323. The highest BCUT2D eigenvalue weighted by molar-refractivity contribution is 9.10. The number of rotatable bonds is 1. The molecule has 0 radical (unpaired) electrons. The molecule has 0 amide bonds. The molecule has 0 spiro atoms. The van der Waals surface area contributed by atoms with Crippen LogP contribution in [0.3, 0.4) is 0 Å². The van der Waals surface area contributed by atoms with Gasteiger partial charge in [0.2, 0.25) is 0 Å². The maximum atomic E-state index is 11.5. The van der Waals surface area contributed by atoms with Crippen LogP contribution >= 0.6 is 15.9 Å². The predicted molar refractivity (Wildman–Crippen MR) is 52.9 cm³/mol. The molecule has 1 atom stereocenters. The molecule has 0 aliphatic carbocycles. The normalized spacial score (nSPS) is 22.1. The zero-order chi connectivity index (χ0) is 9.26. The van der Waals surface area contributed by atoms with E-state index in [0.29, 0.717) is 6.61 Å². The summed E-state index contributed by atoms with van der Waals surface area (Å²) in [7, 11) is 0. The Morgan fingerprint density at radius 3 is 3.08 bits per heavy atom. The molecule has 1 aliphatic heterocycles. The Kier molecular flexibility index (Phi) is 2.51. The van der Waals surface area contributed by atoms with E-state index in [1.165, 1.54) is 0 Å². The Morgan fingerprint density at radius 2 is 2.46 bits per heavy atom. The molecule has 2 rings (SSSR count). The molecule has 1 aromatic rings. The number of pyridine rings is 1. The van der Waals surface area contributed by atoms with Crippen LogP contribution in [0.4, 0.5) is 0 Å². The second-order valence-electron chi connectivity index (χ2n) is 3.11. The third-order valence-electron chi connectivity index (χ3n) is 2.21. The fourth-order valence-electron chi connectivity index (χ4n) is 1.51. The SMILES string of the molecule is O=c1cc(Br)ccn1[C@@H]1CCOC1. The lowest BCUT2D eigenvalue weighted by atomic mass is 10.2. The van der Waals surface area contributed by atoms with Crippen LogP contribution in [0.1, 0.15) is 12.5 Å². The van der Waals surface area contributed by atoms with E-state index in [-0.39, 0.29) is 11.6 Å². The molecule has 0 aromatic carbocycles. The second kappa shape index (κ2) is 3.64. The molecule has 0 bridgehead atoms. The predicted octanol–water partition coefficient (Wildman–Crippen LogP) is 1.57. The van der Waals surface area contributed by atoms with Crippen molar-refractivity contribution in [3.63, 3.8) is 0 Å². The van der Waals surface area contributed by atoms with Crippen molar-refractivity contribution in [2.75, 3.05) is 13.2 Å². The van der Waals surface area contributed by atoms with E-state index in [0.717, 1.165) is 17.5 Å².